The summed E-state index contributed by atoms with van der Waals surface area (Å²) in [6, 6.07) is 0. The highest BCUT2D eigenvalue weighted by Gasteiger charge is 2.69. The molecule has 0 amide bonds. The highest BCUT2D eigenvalue weighted by atomic mass is 79.9. The Bertz CT molecular complexity index is 618. The Morgan fingerprint density at radius 3 is 2.37 bits per heavy atom. The van der Waals surface area contributed by atoms with Gasteiger partial charge in [-0.25, -0.2) is 0 Å². The Hall–Kier alpha value is 0.920. The van der Waals surface area contributed by atoms with E-state index < -0.39 is 4.51 Å². The van der Waals surface area contributed by atoms with Crippen LogP contribution < -0.4 is 0 Å². The largest absolute Gasteiger partial charge is 0.377 e. The Balaban J connectivity index is 1.60. The van der Waals surface area contributed by atoms with Gasteiger partial charge < -0.3 is 5.11 Å². The maximum Gasteiger partial charge on any atom is 0.135 e. The van der Waals surface area contributed by atoms with E-state index in [9.17, 15) is 5.11 Å². The first-order valence-electron chi connectivity index (χ1n) is 13.1. The second kappa shape index (κ2) is 8.61. The summed E-state index contributed by atoms with van der Waals surface area (Å²) in [5.74, 6) is 4.87. The zero-order valence-electron chi connectivity index (χ0n) is 20.1. The topological polar surface area (TPSA) is 20.2 Å². The fourth-order valence-electron chi connectivity index (χ4n) is 9.44. The zero-order valence-corrected chi connectivity index (χ0v) is 23.3. The highest BCUT2D eigenvalue weighted by Crippen LogP contribution is 2.72. The first-order chi connectivity index (χ1) is 14.0. The van der Waals surface area contributed by atoms with Crippen molar-refractivity contribution >= 4 is 31.9 Å². The maximum atomic E-state index is 11.9. The molecular formula is C27H46Br2O. The molecule has 0 aromatic carbocycles. The molecule has 0 aromatic rings. The fourth-order valence-corrected chi connectivity index (χ4v) is 12.0. The van der Waals surface area contributed by atoms with Crippen LogP contribution in [0.2, 0.25) is 0 Å². The van der Waals surface area contributed by atoms with Crippen molar-refractivity contribution in [1.82, 2.24) is 0 Å². The van der Waals surface area contributed by atoms with Gasteiger partial charge in [0.15, 0.2) is 0 Å². The minimum atomic E-state index is -0.775. The van der Waals surface area contributed by atoms with Gasteiger partial charge in [0.1, 0.15) is 4.51 Å². The van der Waals surface area contributed by atoms with Crippen molar-refractivity contribution in [3.05, 3.63) is 0 Å². The van der Waals surface area contributed by atoms with Crippen molar-refractivity contribution in [1.29, 1.82) is 0 Å². The van der Waals surface area contributed by atoms with E-state index in [4.69, 9.17) is 0 Å². The summed E-state index contributed by atoms with van der Waals surface area (Å²) in [4.78, 5) is 0.170. The molecule has 0 saturated heterocycles. The van der Waals surface area contributed by atoms with Crippen molar-refractivity contribution in [2.45, 2.75) is 115 Å². The van der Waals surface area contributed by atoms with Crippen LogP contribution in [0.25, 0.3) is 0 Å². The number of aliphatic hydroxyl groups is 1. The Labute approximate surface area is 203 Å². The lowest BCUT2D eigenvalue weighted by molar-refractivity contribution is -0.115. The van der Waals surface area contributed by atoms with E-state index >= 15 is 0 Å². The van der Waals surface area contributed by atoms with E-state index in [0.717, 1.165) is 23.7 Å². The summed E-state index contributed by atoms with van der Waals surface area (Å²) in [7, 11) is 0. The van der Waals surface area contributed by atoms with Crippen molar-refractivity contribution in [2.75, 3.05) is 0 Å². The first-order valence-corrected chi connectivity index (χ1v) is 14.8. The average molecular weight is 546 g/mol. The average Bonchev–Trinajstić information content (AvgIpc) is 2.82. The lowest BCUT2D eigenvalue weighted by Gasteiger charge is -2.61. The molecule has 30 heavy (non-hydrogen) atoms. The molecule has 0 bridgehead atoms. The molecule has 10 atom stereocenters. The number of hydrogen-bond donors (Lipinski definition) is 1. The molecule has 0 radical (unpaired) electrons. The molecule has 174 valence electrons. The van der Waals surface area contributed by atoms with E-state index in [1.54, 1.807) is 0 Å². The molecule has 0 heterocycles. The summed E-state index contributed by atoms with van der Waals surface area (Å²) in [5.41, 5.74) is 0.795. The molecule has 0 aliphatic heterocycles. The molecule has 1 nitrogen and oxygen atoms in total. The van der Waals surface area contributed by atoms with Crippen LogP contribution in [0.15, 0.2) is 0 Å². The van der Waals surface area contributed by atoms with Crippen LogP contribution in [0, 0.1) is 52.3 Å². The fraction of sp³-hybridized carbons (Fsp3) is 1.00. The van der Waals surface area contributed by atoms with Gasteiger partial charge in [-0.1, -0.05) is 98.6 Å². The molecule has 3 unspecified atom stereocenters. The SMILES string of the molecule is CC(C)CCC[C@@H](C)[C@H]1C(O)(Br)C(Br)[C@H]2[C@@H]3CCC4CCCC[C@]4(C)[C@H]3CC[C@@]21C. The minimum Gasteiger partial charge on any atom is -0.377 e. The smallest absolute Gasteiger partial charge is 0.135 e. The van der Waals surface area contributed by atoms with Crippen LogP contribution in [0.3, 0.4) is 0 Å². The van der Waals surface area contributed by atoms with Crippen LogP contribution >= 0.6 is 31.9 Å². The molecule has 4 saturated carbocycles. The van der Waals surface area contributed by atoms with Crippen LogP contribution in [-0.4, -0.2) is 14.4 Å². The molecule has 0 spiro atoms. The normalized spacial score (nSPS) is 51.9. The number of rotatable bonds is 5. The second-order valence-electron chi connectivity index (χ2n) is 12.8. The van der Waals surface area contributed by atoms with Crippen molar-refractivity contribution in [2.24, 2.45) is 52.3 Å². The van der Waals surface area contributed by atoms with Crippen LogP contribution in [0.1, 0.15) is 105 Å². The predicted octanol–water partition coefficient (Wildman–Crippen LogP) is 8.56. The second-order valence-corrected chi connectivity index (χ2v) is 15.0. The third-order valence-corrected chi connectivity index (χ3v) is 13.6. The molecule has 4 aliphatic rings. The number of hydrogen-bond acceptors (Lipinski definition) is 1. The van der Waals surface area contributed by atoms with Crippen LogP contribution in [-0.2, 0) is 0 Å². The van der Waals surface area contributed by atoms with E-state index in [1.165, 1.54) is 70.6 Å². The molecule has 1 N–H and O–H groups in total. The van der Waals surface area contributed by atoms with E-state index in [2.05, 4.69) is 66.5 Å². The van der Waals surface area contributed by atoms with E-state index in [-0.39, 0.29) is 10.2 Å². The van der Waals surface area contributed by atoms with Gasteiger partial charge in [0.25, 0.3) is 0 Å². The molecule has 3 heteroatoms. The summed E-state index contributed by atoms with van der Waals surface area (Å²) in [5, 5.41) is 11.9. The Morgan fingerprint density at radius 1 is 0.933 bits per heavy atom. The Morgan fingerprint density at radius 2 is 1.67 bits per heavy atom. The van der Waals surface area contributed by atoms with Gasteiger partial charge in [-0.3, -0.25) is 0 Å². The summed E-state index contributed by atoms with van der Waals surface area (Å²) < 4.78 is -0.775. The lowest BCUT2D eigenvalue weighted by atomic mass is 9.44. The van der Waals surface area contributed by atoms with E-state index in [0.29, 0.717) is 23.2 Å². The maximum absolute atomic E-state index is 11.9. The quantitative estimate of drug-likeness (QED) is 0.343. The molecule has 4 aliphatic carbocycles. The molecule has 4 fully saturated rings. The lowest BCUT2D eigenvalue weighted by Crippen LogP contribution is -2.54. The number of fused-ring (bicyclic) bond motifs is 5. The third kappa shape index (κ3) is 3.71. The highest BCUT2D eigenvalue weighted by molar-refractivity contribution is 9.12. The standard InChI is InChI=1S/C27H46Br2O/c1-17(2)9-8-10-18(3)23-26(5)16-14-21-20(22(26)24(28)27(23,29)30)13-12-19-11-6-7-15-25(19,21)4/h17-24,30H,6-16H2,1-5H3/t18-,19?,20-,21+,22-,23-,24?,25+,26+,27?/m1/s1. The van der Waals surface area contributed by atoms with Crippen molar-refractivity contribution < 1.29 is 5.11 Å². The molecule has 4 rings (SSSR count). The summed E-state index contributed by atoms with van der Waals surface area (Å²) >= 11 is 8.04. The molecular weight excluding hydrogens is 500 g/mol. The summed E-state index contributed by atoms with van der Waals surface area (Å²) in [6.45, 7) is 12.3. The first kappa shape index (κ1) is 24.1. The van der Waals surface area contributed by atoms with Crippen molar-refractivity contribution in [3.63, 3.8) is 0 Å². The third-order valence-electron chi connectivity index (χ3n) is 10.7. The molecule has 0 aromatic heterocycles. The van der Waals surface area contributed by atoms with Gasteiger partial charge in [-0.15, -0.1) is 0 Å². The van der Waals surface area contributed by atoms with Gasteiger partial charge in [0.2, 0.25) is 0 Å². The number of halogens is 2. The predicted molar refractivity (Wildman–Crippen MR) is 135 cm³/mol. The summed E-state index contributed by atoms with van der Waals surface area (Å²) in [6.07, 6.45) is 15.2. The van der Waals surface area contributed by atoms with E-state index in [1.807, 2.05) is 0 Å². The van der Waals surface area contributed by atoms with Gasteiger partial charge in [0.05, 0.1) is 4.83 Å². The van der Waals surface area contributed by atoms with Crippen molar-refractivity contribution in [3.8, 4) is 0 Å². The number of alkyl halides is 2. The van der Waals surface area contributed by atoms with Gasteiger partial charge in [-0.05, 0) is 84.9 Å². The van der Waals surface area contributed by atoms with Crippen LogP contribution in [0.4, 0.5) is 0 Å². The zero-order chi connectivity index (χ0) is 21.9. The van der Waals surface area contributed by atoms with Gasteiger partial charge >= 0.3 is 0 Å². The van der Waals surface area contributed by atoms with Crippen LogP contribution in [0.5, 0.6) is 0 Å². The van der Waals surface area contributed by atoms with Gasteiger partial charge in [-0.2, -0.15) is 0 Å². The minimum absolute atomic E-state index is 0.170. The van der Waals surface area contributed by atoms with Gasteiger partial charge in [0, 0.05) is 5.92 Å². The Kier molecular flexibility index (Phi) is 6.90. The monoisotopic (exact) mass is 544 g/mol.